The number of benzene rings is 6. The van der Waals surface area contributed by atoms with Gasteiger partial charge in [-0.2, -0.15) is 0 Å². The first kappa shape index (κ1) is 30.5. The summed E-state index contributed by atoms with van der Waals surface area (Å²) in [5, 5.41) is 5.55. The van der Waals surface area contributed by atoms with Crippen LogP contribution in [0.4, 0.5) is 0 Å². The summed E-state index contributed by atoms with van der Waals surface area (Å²) in [6.45, 7) is 0. The highest BCUT2D eigenvalue weighted by Crippen LogP contribution is 2.44. The van der Waals surface area contributed by atoms with E-state index in [-0.39, 0.29) is 0 Å². The van der Waals surface area contributed by atoms with Crippen LogP contribution in [0.2, 0.25) is 0 Å². The molecule has 0 saturated heterocycles. The predicted molar refractivity (Wildman–Crippen MR) is 223 cm³/mol. The van der Waals surface area contributed by atoms with Crippen LogP contribution in [0.5, 0.6) is 0 Å². The van der Waals surface area contributed by atoms with Gasteiger partial charge in [0.2, 0.25) is 0 Å². The van der Waals surface area contributed by atoms with Gasteiger partial charge in [0.05, 0.1) is 27.6 Å². The fourth-order valence-corrected chi connectivity index (χ4v) is 9.04. The second kappa shape index (κ2) is 11.8. The van der Waals surface area contributed by atoms with E-state index in [2.05, 4.69) is 132 Å². The summed E-state index contributed by atoms with van der Waals surface area (Å²) >= 11 is 0. The monoisotopic (exact) mass is 707 g/mol. The number of furan rings is 2. The quantitative estimate of drug-likeness (QED) is 0.183. The van der Waals surface area contributed by atoms with Crippen LogP contribution < -0.4 is 0 Å². The van der Waals surface area contributed by atoms with Crippen molar-refractivity contribution in [2.75, 3.05) is 0 Å². The second-order valence-electron chi connectivity index (χ2n) is 14.7. The van der Waals surface area contributed by atoms with Crippen molar-refractivity contribution in [3.05, 3.63) is 174 Å². The molecule has 4 aromatic heterocycles. The number of hydrogen-bond acceptors (Lipinski definition) is 4. The van der Waals surface area contributed by atoms with E-state index >= 15 is 0 Å². The van der Waals surface area contributed by atoms with Crippen LogP contribution >= 0.6 is 0 Å². The van der Waals surface area contributed by atoms with Gasteiger partial charge < -0.3 is 13.4 Å². The van der Waals surface area contributed by atoms with E-state index in [0.29, 0.717) is 5.82 Å². The van der Waals surface area contributed by atoms with Gasteiger partial charge in [-0.3, -0.25) is 0 Å². The molecule has 12 rings (SSSR count). The van der Waals surface area contributed by atoms with E-state index < -0.39 is 0 Å². The Labute approximate surface area is 316 Å². The van der Waals surface area contributed by atoms with E-state index in [1.807, 2.05) is 24.3 Å². The molecule has 0 unspecified atom stereocenters. The van der Waals surface area contributed by atoms with E-state index in [1.54, 1.807) is 0 Å². The molecule has 0 bridgehead atoms. The van der Waals surface area contributed by atoms with Gasteiger partial charge in [-0.05, 0) is 98.0 Å². The van der Waals surface area contributed by atoms with Crippen molar-refractivity contribution in [1.82, 2.24) is 14.5 Å². The molecule has 2 aliphatic carbocycles. The first-order valence-electron chi connectivity index (χ1n) is 19.1. The molecular formula is C50H33N3O2. The first-order chi connectivity index (χ1) is 27.3. The molecule has 0 atom stereocenters. The Bertz CT molecular complexity index is 3250. The SMILES string of the molecule is C1=Cc2oc3c(c2CC1)CCC=C3c1ccc2c(c1)c1c3oc4ccccc4c3ccc1n2-c1ccc(-c2nc(-c3ccccc3)c3ccccc3n2)cc1. The fourth-order valence-electron chi connectivity index (χ4n) is 9.04. The average Bonchev–Trinajstić information content (AvgIpc) is 3.93. The van der Waals surface area contributed by atoms with Gasteiger partial charge in [0.1, 0.15) is 22.7 Å². The number of rotatable bonds is 4. The molecule has 260 valence electrons. The van der Waals surface area contributed by atoms with Crippen LogP contribution in [0.25, 0.3) is 94.6 Å². The predicted octanol–water partition coefficient (Wildman–Crippen LogP) is 12.9. The van der Waals surface area contributed by atoms with Crippen LogP contribution in [0.15, 0.2) is 154 Å². The molecule has 5 nitrogen and oxygen atoms in total. The molecule has 0 spiro atoms. The molecule has 0 amide bonds. The minimum Gasteiger partial charge on any atom is -0.456 e. The topological polar surface area (TPSA) is 57.0 Å². The largest absolute Gasteiger partial charge is 0.456 e. The van der Waals surface area contributed by atoms with E-state index in [4.69, 9.17) is 18.8 Å². The van der Waals surface area contributed by atoms with Crippen molar-refractivity contribution < 1.29 is 8.83 Å². The molecule has 0 N–H and O–H groups in total. The molecule has 0 saturated carbocycles. The number of fused-ring (bicyclic) bond motifs is 11. The van der Waals surface area contributed by atoms with Crippen LogP contribution in [0.3, 0.4) is 0 Å². The van der Waals surface area contributed by atoms with E-state index in [1.165, 1.54) is 16.7 Å². The third-order valence-electron chi connectivity index (χ3n) is 11.6. The van der Waals surface area contributed by atoms with E-state index in [0.717, 1.165) is 120 Å². The Morgan fingerprint density at radius 1 is 0.564 bits per heavy atom. The summed E-state index contributed by atoms with van der Waals surface area (Å²) in [6, 6.07) is 46.9. The minimum absolute atomic E-state index is 0.704. The normalized spacial score (nSPS) is 13.9. The maximum absolute atomic E-state index is 6.71. The van der Waals surface area contributed by atoms with Crippen LogP contribution in [-0.2, 0) is 12.8 Å². The summed E-state index contributed by atoms with van der Waals surface area (Å²) in [5.41, 5.74) is 14.1. The summed E-state index contributed by atoms with van der Waals surface area (Å²) in [4.78, 5) is 10.2. The van der Waals surface area contributed by atoms with Crippen molar-refractivity contribution in [2.45, 2.75) is 25.7 Å². The highest BCUT2D eigenvalue weighted by molar-refractivity contribution is 6.24. The number of para-hydroxylation sites is 2. The van der Waals surface area contributed by atoms with E-state index in [9.17, 15) is 0 Å². The molecule has 4 heterocycles. The lowest BCUT2D eigenvalue weighted by Crippen LogP contribution is -2.01. The Kier molecular flexibility index (Phi) is 6.52. The Balaban J connectivity index is 1.04. The number of allylic oxidation sites excluding steroid dienone is 2. The fraction of sp³-hybridized carbons (Fsp3) is 0.0800. The van der Waals surface area contributed by atoms with Crippen LogP contribution in [0, 0.1) is 0 Å². The van der Waals surface area contributed by atoms with Crippen molar-refractivity contribution in [1.29, 1.82) is 0 Å². The molecule has 6 aromatic carbocycles. The lowest BCUT2D eigenvalue weighted by molar-refractivity contribution is 0.534. The zero-order valence-corrected chi connectivity index (χ0v) is 29.9. The lowest BCUT2D eigenvalue weighted by Gasteiger charge is -2.15. The van der Waals surface area contributed by atoms with Gasteiger partial charge >= 0.3 is 0 Å². The second-order valence-corrected chi connectivity index (χ2v) is 14.7. The summed E-state index contributed by atoms with van der Waals surface area (Å²) in [5.74, 6) is 2.76. The molecule has 0 aliphatic heterocycles. The maximum atomic E-state index is 6.71. The van der Waals surface area contributed by atoms with Gasteiger partial charge in [-0.1, -0.05) is 84.9 Å². The number of hydrogen-bond donors (Lipinski definition) is 0. The van der Waals surface area contributed by atoms with Gasteiger partial charge in [-0.25, -0.2) is 9.97 Å². The van der Waals surface area contributed by atoms with Gasteiger partial charge in [0.25, 0.3) is 0 Å². The van der Waals surface area contributed by atoms with Crippen LogP contribution in [-0.4, -0.2) is 14.5 Å². The lowest BCUT2D eigenvalue weighted by atomic mass is 9.88. The van der Waals surface area contributed by atoms with Crippen molar-refractivity contribution in [3.63, 3.8) is 0 Å². The maximum Gasteiger partial charge on any atom is 0.160 e. The molecule has 0 radical (unpaired) electrons. The van der Waals surface area contributed by atoms with Crippen molar-refractivity contribution in [3.8, 4) is 28.3 Å². The van der Waals surface area contributed by atoms with Crippen molar-refractivity contribution in [2.24, 2.45) is 0 Å². The smallest absolute Gasteiger partial charge is 0.160 e. The van der Waals surface area contributed by atoms with Gasteiger partial charge in [0, 0.05) is 55.1 Å². The molecule has 0 fully saturated rings. The average molecular weight is 708 g/mol. The molecule has 2 aliphatic rings. The minimum atomic E-state index is 0.704. The number of nitrogens with zero attached hydrogens (tertiary/aromatic N) is 3. The Morgan fingerprint density at radius 3 is 2.25 bits per heavy atom. The highest BCUT2D eigenvalue weighted by atomic mass is 16.3. The molecule has 10 aromatic rings. The highest BCUT2D eigenvalue weighted by Gasteiger charge is 2.27. The summed E-state index contributed by atoms with van der Waals surface area (Å²) < 4.78 is 15.7. The third kappa shape index (κ3) is 4.59. The zero-order chi connectivity index (χ0) is 36.0. The van der Waals surface area contributed by atoms with Crippen molar-refractivity contribution >= 4 is 66.3 Å². The molecule has 55 heavy (non-hydrogen) atoms. The summed E-state index contributed by atoms with van der Waals surface area (Å²) in [7, 11) is 0. The first-order valence-corrected chi connectivity index (χ1v) is 19.1. The standard InChI is InChI=1S/C50H33N3O2/c1-2-11-30(12-3-1)47-39-15-4-7-18-41(39)51-50(52-47)31-21-24-33(25-22-31)53-42-27-23-32(34-16-10-17-37-35-13-5-8-19-44(35)54-48(34)37)29-40(42)46-43(53)28-26-38-36-14-6-9-20-45(36)55-49(38)46/h1-4,6-9,11-12,14-16,18-29H,5,10,13,17H2. The number of aromatic nitrogens is 3. The Hall–Kier alpha value is -6.98. The third-order valence-corrected chi connectivity index (χ3v) is 11.6. The van der Waals surface area contributed by atoms with Gasteiger partial charge in [-0.15, -0.1) is 0 Å². The summed E-state index contributed by atoms with van der Waals surface area (Å²) in [6.07, 6.45) is 10.9. The van der Waals surface area contributed by atoms with Crippen LogP contribution in [0.1, 0.15) is 41.1 Å². The van der Waals surface area contributed by atoms with Gasteiger partial charge in [0.15, 0.2) is 5.82 Å². The zero-order valence-electron chi connectivity index (χ0n) is 29.9. The molecular weight excluding hydrogens is 675 g/mol. The Morgan fingerprint density at radius 2 is 1.35 bits per heavy atom. The molecule has 5 heteroatoms.